The molecule has 1 aromatic carbocycles. The highest BCUT2D eigenvalue weighted by Crippen LogP contribution is 2.29. The van der Waals surface area contributed by atoms with E-state index < -0.39 is 0 Å². The van der Waals surface area contributed by atoms with Gasteiger partial charge in [0.05, 0.1) is 5.52 Å². The van der Waals surface area contributed by atoms with Crippen molar-refractivity contribution in [3.05, 3.63) is 24.3 Å². The van der Waals surface area contributed by atoms with E-state index in [4.69, 9.17) is 4.98 Å². The van der Waals surface area contributed by atoms with Gasteiger partial charge in [-0.1, -0.05) is 31.4 Å². The van der Waals surface area contributed by atoms with Crippen molar-refractivity contribution in [1.29, 1.82) is 0 Å². The fourth-order valence-electron chi connectivity index (χ4n) is 3.31. The maximum absolute atomic E-state index is 4.73. The minimum absolute atomic E-state index is 0.601. The second kappa shape index (κ2) is 6.11. The van der Waals surface area contributed by atoms with Gasteiger partial charge in [0.2, 0.25) is 5.95 Å². The molecule has 1 heterocycles. The third-order valence-electron chi connectivity index (χ3n) is 4.80. The fraction of sp³-hybridized carbons (Fsp3) is 0.556. The number of rotatable bonds is 5. The van der Waals surface area contributed by atoms with Crippen LogP contribution in [0.25, 0.3) is 10.9 Å². The SMILES string of the molecule is c1ccc2c(NC3CC3)nc(NCC3CCCCC3)nc2c1. The molecule has 2 aliphatic carbocycles. The molecule has 0 spiro atoms. The first-order chi connectivity index (χ1) is 10.9. The zero-order chi connectivity index (χ0) is 14.8. The average Bonchev–Trinajstić information content (AvgIpc) is 3.38. The lowest BCUT2D eigenvalue weighted by molar-refractivity contribution is 0.373. The highest BCUT2D eigenvalue weighted by molar-refractivity contribution is 5.90. The Kier molecular flexibility index (Phi) is 3.83. The summed E-state index contributed by atoms with van der Waals surface area (Å²) < 4.78 is 0. The summed E-state index contributed by atoms with van der Waals surface area (Å²) >= 11 is 0. The lowest BCUT2D eigenvalue weighted by Gasteiger charge is -2.22. The first kappa shape index (κ1) is 13.8. The fourth-order valence-corrected chi connectivity index (χ4v) is 3.31. The van der Waals surface area contributed by atoms with Gasteiger partial charge in [0.1, 0.15) is 5.82 Å². The largest absolute Gasteiger partial charge is 0.367 e. The molecule has 0 aliphatic heterocycles. The standard InChI is InChI=1S/C18H24N4/c1-2-6-13(7-3-1)12-19-18-21-16-9-5-4-8-15(16)17(22-18)20-14-10-11-14/h4-5,8-9,13-14H,1-3,6-7,10-12H2,(H2,19,20,21,22). The Morgan fingerprint density at radius 3 is 2.59 bits per heavy atom. The first-order valence-electron chi connectivity index (χ1n) is 8.66. The Morgan fingerprint density at radius 1 is 0.955 bits per heavy atom. The molecule has 2 N–H and O–H groups in total. The predicted octanol–water partition coefficient (Wildman–Crippen LogP) is 4.20. The van der Waals surface area contributed by atoms with E-state index in [0.29, 0.717) is 6.04 Å². The van der Waals surface area contributed by atoms with Gasteiger partial charge >= 0.3 is 0 Å². The van der Waals surface area contributed by atoms with Crippen molar-refractivity contribution in [3.8, 4) is 0 Å². The molecule has 0 amide bonds. The van der Waals surface area contributed by atoms with Gasteiger partial charge in [0, 0.05) is 18.0 Å². The number of fused-ring (bicyclic) bond motifs is 1. The minimum Gasteiger partial charge on any atom is -0.367 e. The maximum atomic E-state index is 4.73. The van der Waals surface area contributed by atoms with Crippen molar-refractivity contribution in [2.24, 2.45) is 5.92 Å². The molecule has 2 aliphatic rings. The smallest absolute Gasteiger partial charge is 0.225 e. The zero-order valence-corrected chi connectivity index (χ0v) is 13.0. The highest BCUT2D eigenvalue weighted by Gasteiger charge is 2.23. The van der Waals surface area contributed by atoms with Crippen molar-refractivity contribution >= 4 is 22.7 Å². The molecule has 4 nitrogen and oxygen atoms in total. The summed E-state index contributed by atoms with van der Waals surface area (Å²) in [7, 11) is 0. The molecule has 0 unspecified atom stereocenters. The summed E-state index contributed by atoms with van der Waals surface area (Å²) in [5.74, 6) is 2.54. The molecule has 0 bridgehead atoms. The van der Waals surface area contributed by atoms with Gasteiger partial charge in [-0.05, 0) is 43.7 Å². The Hall–Kier alpha value is -1.84. The summed E-state index contributed by atoms with van der Waals surface area (Å²) in [6, 6.07) is 8.87. The summed E-state index contributed by atoms with van der Waals surface area (Å²) in [6.07, 6.45) is 9.34. The molecule has 0 atom stereocenters. The van der Waals surface area contributed by atoms with Gasteiger partial charge in [0.25, 0.3) is 0 Å². The van der Waals surface area contributed by atoms with Crippen molar-refractivity contribution in [3.63, 3.8) is 0 Å². The van der Waals surface area contributed by atoms with Gasteiger partial charge in [0.15, 0.2) is 0 Å². The molecule has 2 aromatic rings. The third kappa shape index (κ3) is 3.16. The number of nitrogens with one attached hydrogen (secondary N) is 2. The lowest BCUT2D eigenvalue weighted by atomic mass is 9.89. The molecule has 4 heteroatoms. The Labute approximate surface area is 131 Å². The number of nitrogens with zero attached hydrogens (tertiary/aromatic N) is 2. The molecule has 0 saturated heterocycles. The van der Waals surface area contributed by atoms with Crippen molar-refractivity contribution < 1.29 is 0 Å². The van der Waals surface area contributed by atoms with E-state index in [2.05, 4.69) is 33.8 Å². The van der Waals surface area contributed by atoms with Crippen LogP contribution in [0.3, 0.4) is 0 Å². The Bertz CT molecular complexity index is 645. The van der Waals surface area contributed by atoms with Crippen LogP contribution in [0.2, 0.25) is 0 Å². The van der Waals surface area contributed by atoms with Crippen LogP contribution in [0.15, 0.2) is 24.3 Å². The molecule has 1 aromatic heterocycles. The molecule has 2 fully saturated rings. The predicted molar refractivity (Wildman–Crippen MR) is 91.2 cm³/mol. The maximum Gasteiger partial charge on any atom is 0.225 e. The van der Waals surface area contributed by atoms with Crippen LogP contribution in [0, 0.1) is 5.92 Å². The van der Waals surface area contributed by atoms with Crippen LogP contribution in [-0.4, -0.2) is 22.6 Å². The number of benzene rings is 1. The normalized spacial score (nSPS) is 19.3. The van der Waals surface area contributed by atoms with Gasteiger partial charge in [-0.25, -0.2) is 4.98 Å². The second-order valence-corrected chi connectivity index (χ2v) is 6.72. The summed E-state index contributed by atoms with van der Waals surface area (Å²) in [6.45, 7) is 1.00. The van der Waals surface area contributed by atoms with Crippen molar-refractivity contribution in [2.75, 3.05) is 17.2 Å². The number of hydrogen-bond donors (Lipinski definition) is 2. The van der Waals surface area contributed by atoms with E-state index in [-0.39, 0.29) is 0 Å². The molecule has 2 saturated carbocycles. The van der Waals surface area contributed by atoms with Gasteiger partial charge in [-0.2, -0.15) is 4.98 Å². The molecule has 0 radical (unpaired) electrons. The molecule has 116 valence electrons. The van der Waals surface area contributed by atoms with E-state index >= 15 is 0 Å². The average molecular weight is 296 g/mol. The number of para-hydroxylation sites is 1. The van der Waals surface area contributed by atoms with E-state index in [1.807, 2.05) is 6.07 Å². The molecule has 4 rings (SSSR count). The van der Waals surface area contributed by atoms with Gasteiger partial charge in [-0.3, -0.25) is 0 Å². The van der Waals surface area contributed by atoms with E-state index in [1.54, 1.807) is 0 Å². The lowest BCUT2D eigenvalue weighted by Crippen LogP contribution is -2.18. The Morgan fingerprint density at radius 2 is 1.77 bits per heavy atom. The topological polar surface area (TPSA) is 49.8 Å². The van der Waals surface area contributed by atoms with Crippen LogP contribution in [-0.2, 0) is 0 Å². The number of aromatic nitrogens is 2. The van der Waals surface area contributed by atoms with Crippen LogP contribution in [0.1, 0.15) is 44.9 Å². The zero-order valence-electron chi connectivity index (χ0n) is 13.0. The summed E-state index contributed by atoms with van der Waals surface area (Å²) in [5.41, 5.74) is 1.02. The Balaban J connectivity index is 1.54. The van der Waals surface area contributed by atoms with Gasteiger partial charge < -0.3 is 10.6 Å². The highest BCUT2D eigenvalue weighted by atomic mass is 15.2. The number of hydrogen-bond acceptors (Lipinski definition) is 4. The monoisotopic (exact) mass is 296 g/mol. The first-order valence-corrected chi connectivity index (χ1v) is 8.66. The third-order valence-corrected chi connectivity index (χ3v) is 4.80. The molecular formula is C18H24N4. The van der Waals surface area contributed by atoms with E-state index in [0.717, 1.165) is 35.1 Å². The quantitative estimate of drug-likeness (QED) is 0.868. The van der Waals surface area contributed by atoms with Gasteiger partial charge in [-0.15, -0.1) is 0 Å². The van der Waals surface area contributed by atoms with E-state index in [1.165, 1.54) is 44.9 Å². The summed E-state index contributed by atoms with van der Waals surface area (Å²) in [5, 5.41) is 8.15. The van der Waals surface area contributed by atoms with Crippen LogP contribution < -0.4 is 10.6 Å². The van der Waals surface area contributed by atoms with E-state index in [9.17, 15) is 0 Å². The van der Waals surface area contributed by atoms with Crippen LogP contribution in [0.4, 0.5) is 11.8 Å². The van der Waals surface area contributed by atoms with Crippen LogP contribution in [0.5, 0.6) is 0 Å². The molecular weight excluding hydrogens is 272 g/mol. The number of anilines is 2. The van der Waals surface area contributed by atoms with Crippen LogP contribution >= 0.6 is 0 Å². The van der Waals surface area contributed by atoms with Crippen molar-refractivity contribution in [1.82, 2.24) is 9.97 Å². The minimum atomic E-state index is 0.601. The second-order valence-electron chi connectivity index (χ2n) is 6.72. The van der Waals surface area contributed by atoms with Crippen molar-refractivity contribution in [2.45, 2.75) is 51.0 Å². The summed E-state index contributed by atoms with van der Waals surface area (Å²) in [4.78, 5) is 9.42. The molecule has 22 heavy (non-hydrogen) atoms.